The van der Waals surface area contributed by atoms with Crippen LogP contribution in [0.3, 0.4) is 0 Å². The minimum absolute atomic E-state index is 0.0864. The van der Waals surface area contributed by atoms with E-state index >= 15 is 0 Å². The Morgan fingerprint density at radius 3 is 2.67 bits per heavy atom. The van der Waals surface area contributed by atoms with Crippen molar-refractivity contribution in [1.29, 1.82) is 0 Å². The van der Waals surface area contributed by atoms with Crippen molar-refractivity contribution >= 4 is 52.7 Å². The molecule has 0 aliphatic carbocycles. The molecule has 0 saturated carbocycles. The lowest BCUT2D eigenvalue weighted by molar-refractivity contribution is -0.142. The van der Waals surface area contributed by atoms with Crippen molar-refractivity contribution in [2.45, 2.75) is 31.3 Å². The first kappa shape index (κ1) is 22.1. The molecule has 3 nitrogen and oxygen atoms in total. The van der Waals surface area contributed by atoms with Crippen LogP contribution in [0.15, 0.2) is 27.5 Å². The first-order valence-corrected chi connectivity index (χ1v) is 10.8. The van der Waals surface area contributed by atoms with Gasteiger partial charge in [0.05, 0.1) is 0 Å². The number of alkyl halides is 3. The summed E-state index contributed by atoms with van der Waals surface area (Å²) in [6.45, 7) is 3.55. The average Bonchev–Trinajstić information content (AvgIpc) is 2.59. The normalized spacial score (nSPS) is 11.7. The summed E-state index contributed by atoms with van der Waals surface area (Å²) in [5.74, 6) is 2.15. The van der Waals surface area contributed by atoms with Gasteiger partial charge < -0.3 is 9.15 Å². The SMILES string of the molecule is CCC(=O)OCCSCCSc1ccc2oc(=S)c(C(F)(F)F)c(C)c2c1. The molecule has 0 unspecified atom stereocenters. The summed E-state index contributed by atoms with van der Waals surface area (Å²) < 4.78 is 49.2. The molecule has 148 valence electrons. The van der Waals surface area contributed by atoms with Gasteiger partial charge in [-0.2, -0.15) is 24.9 Å². The van der Waals surface area contributed by atoms with Crippen molar-refractivity contribution < 1.29 is 27.1 Å². The zero-order chi connectivity index (χ0) is 20.0. The molecule has 0 aliphatic rings. The van der Waals surface area contributed by atoms with Gasteiger partial charge in [-0.15, -0.1) is 11.8 Å². The molecule has 2 aromatic rings. The highest BCUT2D eigenvalue weighted by Crippen LogP contribution is 2.37. The predicted octanol–water partition coefficient (Wildman–Crippen LogP) is 6.27. The second-order valence-corrected chi connectivity index (χ2v) is 8.34. The number of aryl methyl sites for hydroxylation is 1. The molecule has 0 atom stereocenters. The number of thioether (sulfide) groups is 2. The fourth-order valence-electron chi connectivity index (χ4n) is 2.38. The number of ether oxygens (including phenoxy) is 1. The molecule has 1 aromatic heterocycles. The zero-order valence-corrected chi connectivity index (χ0v) is 17.3. The van der Waals surface area contributed by atoms with Gasteiger partial charge >= 0.3 is 12.1 Å². The summed E-state index contributed by atoms with van der Waals surface area (Å²) in [5.41, 5.74) is -0.449. The molecule has 0 N–H and O–H groups in total. The van der Waals surface area contributed by atoms with Crippen molar-refractivity contribution in [3.8, 4) is 0 Å². The molecule has 9 heteroatoms. The summed E-state index contributed by atoms with van der Waals surface area (Å²) in [6.07, 6.45) is -4.17. The Kier molecular flexibility index (Phi) is 8.05. The van der Waals surface area contributed by atoms with Crippen LogP contribution in [0.25, 0.3) is 11.0 Å². The fourth-order valence-corrected chi connectivity index (χ4v) is 4.55. The second kappa shape index (κ2) is 9.84. The number of rotatable bonds is 8. The molecule has 0 bridgehead atoms. The van der Waals surface area contributed by atoms with Gasteiger partial charge in [-0.25, -0.2) is 0 Å². The highest BCUT2D eigenvalue weighted by molar-refractivity contribution is 8.03. The maximum absolute atomic E-state index is 13.2. The first-order valence-electron chi connectivity index (χ1n) is 8.25. The molecular formula is C18H19F3O3S3. The number of carbonyl (C=O) groups excluding carboxylic acids is 1. The van der Waals surface area contributed by atoms with E-state index in [4.69, 9.17) is 21.4 Å². The Balaban J connectivity index is 1.98. The number of esters is 1. The molecule has 27 heavy (non-hydrogen) atoms. The van der Waals surface area contributed by atoms with Gasteiger partial charge in [0.25, 0.3) is 0 Å². The van der Waals surface area contributed by atoms with Crippen LogP contribution in [0.1, 0.15) is 24.5 Å². The Morgan fingerprint density at radius 2 is 2.00 bits per heavy atom. The van der Waals surface area contributed by atoms with Gasteiger partial charge in [0.2, 0.25) is 4.71 Å². The van der Waals surface area contributed by atoms with Gasteiger partial charge in [0.15, 0.2) is 0 Å². The van der Waals surface area contributed by atoms with Gasteiger partial charge in [0.1, 0.15) is 17.8 Å². The van der Waals surface area contributed by atoms with E-state index in [0.29, 0.717) is 24.0 Å². The highest BCUT2D eigenvalue weighted by Gasteiger charge is 2.36. The summed E-state index contributed by atoms with van der Waals surface area (Å²) >= 11 is 7.98. The van der Waals surface area contributed by atoms with Crippen LogP contribution >= 0.6 is 35.7 Å². The number of halogens is 3. The van der Waals surface area contributed by atoms with Gasteiger partial charge in [0, 0.05) is 34.0 Å². The summed E-state index contributed by atoms with van der Waals surface area (Å²) in [4.78, 5) is 11.9. The van der Waals surface area contributed by atoms with Gasteiger partial charge in [-0.1, -0.05) is 6.92 Å². The van der Waals surface area contributed by atoms with Crippen LogP contribution in [-0.2, 0) is 15.7 Å². The number of hydrogen-bond donors (Lipinski definition) is 0. The lowest BCUT2D eigenvalue weighted by Crippen LogP contribution is -2.08. The number of benzene rings is 1. The van der Waals surface area contributed by atoms with Crippen LogP contribution in [0.5, 0.6) is 0 Å². The molecule has 0 saturated heterocycles. The minimum atomic E-state index is -4.54. The van der Waals surface area contributed by atoms with Crippen LogP contribution in [0, 0.1) is 11.6 Å². The van der Waals surface area contributed by atoms with E-state index in [1.165, 1.54) is 6.92 Å². The first-order chi connectivity index (χ1) is 12.7. The average molecular weight is 437 g/mol. The molecule has 0 aliphatic heterocycles. The van der Waals surface area contributed by atoms with E-state index in [1.807, 2.05) is 6.07 Å². The van der Waals surface area contributed by atoms with Crippen molar-refractivity contribution in [3.05, 3.63) is 34.0 Å². The van der Waals surface area contributed by atoms with Crippen LogP contribution in [-0.4, -0.2) is 29.8 Å². The van der Waals surface area contributed by atoms with Crippen molar-refractivity contribution in [2.24, 2.45) is 0 Å². The Hall–Kier alpha value is -1.19. The van der Waals surface area contributed by atoms with E-state index in [2.05, 4.69) is 0 Å². The summed E-state index contributed by atoms with van der Waals surface area (Å²) in [5, 5.41) is 0.417. The van der Waals surface area contributed by atoms with Crippen molar-refractivity contribution in [2.75, 3.05) is 23.9 Å². The monoisotopic (exact) mass is 436 g/mol. The topological polar surface area (TPSA) is 39.4 Å². The highest BCUT2D eigenvalue weighted by atomic mass is 32.2. The summed E-state index contributed by atoms with van der Waals surface area (Å²) in [7, 11) is 0. The van der Waals surface area contributed by atoms with Crippen molar-refractivity contribution in [1.82, 2.24) is 0 Å². The lowest BCUT2D eigenvalue weighted by atomic mass is 10.1. The number of carbonyl (C=O) groups is 1. The largest absolute Gasteiger partial charge is 0.465 e. The van der Waals surface area contributed by atoms with E-state index < -0.39 is 16.4 Å². The third kappa shape index (κ3) is 6.15. The zero-order valence-electron chi connectivity index (χ0n) is 14.9. The number of hydrogen-bond acceptors (Lipinski definition) is 6. The predicted molar refractivity (Wildman–Crippen MR) is 106 cm³/mol. The minimum Gasteiger partial charge on any atom is -0.465 e. The Morgan fingerprint density at radius 1 is 1.26 bits per heavy atom. The van der Waals surface area contributed by atoms with Gasteiger partial charge in [-0.3, -0.25) is 4.79 Å². The maximum atomic E-state index is 13.2. The lowest BCUT2D eigenvalue weighted by Gasteiger charge is -2.12. The van der Waals surface area contributed by atoms with Gasteiger partial charge in [-0.05, 0) is 42.9 Å². The molecule has 0 amide bonds. The third-order valence-electron chi connectivity index (χ3n) is 3.70. The van der Waals surface area contributed by atoms with Crippen molar-refractivity contribution in [3.63, 3.8) is 0 Å². The fraction of sp³-hybridized carbons (Fsp3) is 0.444. The van der Waals surface area contributed by atoms with E-state index in [9.17, 15) is 18.0 Å². The van der Waals surface area contributed by atoms with Crippen LogP contribution in [0.2, 0.25) is 0 Å². The van der Waals surface area contributed by atoms with E-state index in [1.54, 1.807) is 42.6 Å². The number of fused-ring (bicyclic) bond motifs is 1. The van der Waals surface area contributed by atoms with Crippen LogP contribution in [0.4, 0.5) is 13.2 Å². The maximum Gasteiger partial charge on any atom is 0.421 e. The third-order valence-corrected chi connectivity index (χ3v) is 6.19. The standard InChI is InChI=1S/C18H19F3O3S3/c1-3-15(22)23-6-7-26-8-9-27-12-4-5-14-13(10-12)11(2)16(17(25)24-14)18(19,20)21/h4-5,10H,3,6-9H2,1-2H3. The quantitative estimate of drug-likeness (QED) is 0.210. The Bertz CT molecular complexity index is 863. The van der Waals surface area contributed by atoms with Crippen LogP contribution < -0.4 is 0 Å². The molecule has 2 rings (SSSR count). The molecule has 0 spiro atoms. The smallest absolute Gasteiger partial charge is 0.421 e. The summed E-state index contributed by atoms with van der Waals surface area (Å²) in [6, 6.07) is 5.17. The molecule has 0 fully saturated rings. The molecular weight excluding hydrogens is 417 g/mol. The molecule has 0 radical (unpaired) electrons. The van der Waals surface area contributed by atoms with E-state index in [-0.39, 0.29) is 11.5 Å². The second-order valence-electron chi connectivity index (χ2n) is 5.58. The van der Waals surface area contributed by atoms with E-state index in [0.717, 1.165) is 22.2 Å². The molecule has 1 heterocycles. The Labute approximate surface area is 169 Å². The molecule has 1 aromatic carbocycles.